The molecule has 72 valence electrons. The first-order valence-corrected chi connectivity index (χ1v) is 3.57. The monoisotopic (exact) mass is 185 g/mol. The van der Waals surface area contributed by atoms with Gasteiger partial charge in [0.15, 0.2) is 11.5 Å². The van der Waals surface area contributed by atoms with Gasteiger partial charge < -0.3 is 25.8 Å². The van der Waals surface area contributed by atoms with E-state index < -0.39 is 5.75 Å². The van der Waals surface area contributed by atoms with Crippen molar-refractivity contribution in [2.24, 2.45) is 0 Å². The second-order valence-electron chi connectivity index (χ2n) is 2.62. The Bertz CT molecular complexity index is 319. The van der Waals surface area contributed by atoms with Gasteiger partial charge in [-0.05, 0) is 6.92 Å². The van der Waals surface area contributed by atoms with E-state index in [9.17, 15) is 15.3 Å². The van der Waals surface area contributed by atoms with E-state index in [1.807, 2.05) is 0 Å². The second kappa shape index (κ2) is 2.93. The summed E-state index contributed by atoms with van der Waals surface area (Å²) in [5.74, 6) is -1.48. The SMILES string of the molecule is COc1c(O)c(N)c(C)c(O)c1O. The van der Waals surface area contributed by atoms with E-state index >= 15 is 0 Å². The first-order valence-electron chi connectivity index (χ1n) is 3.57. The summed E-state index contributed by atoms with van der Waals surface area (Å²) in [5.41, 5.74) is 5.64. The zero-order valence-corrected chi connectivity index (χ0v) is 7.33. The maximum Gasteiger partial charge on any atom is 0.209 e. The summed E-state index contributed by atoms with van der Waals surface area (Å²) in [4.78, 5) is 0. The molecule has 0 saturated heterocycles. The molecule has 0 spiro atoms. The molecule has 5 N–H and O–H groups in total. The van der Waals surface area contributed by atoms with E-state index in [1.54, 1.807) is 0 Å². The van der Waals surface area contributed by atoms with E-state index in [1.165, 1.54) is 14.0 Å². The van der Waals surface area contributed by atoms with Crippen LogP contribution in [-0.4, -0.2) is 22.4 Å². The van der Waals surface area contributed by atoms with Crippen LogP contribution in [0.15, 0.2) is 0 Å². The molecule has 1 aromatic rings. The van der Waals surface area contributed by atoms with Crippen LogP contribution < -0.4 is 10.5 Å². The van der Waals surface area contributed by atoms with Crippen LogP contribution in [0.1, 0.15) is 5.56 Å². The smallest absolute Gasteiger partial charge is 0.209 e. The molecule has 0 fully saturated rings. The van der Waals surface area contributed by atoms with Gasteiger partial charge in [0.2, 0.25) is 11.5 Å². The lowest BCUT2D eigenvalue weighted by Gasteiger charge is -2.12. The maximum atomic E-state index is 9.36. The number of nitrogen functional groups attached to an aromatic ring is 1. The highest BCUT2D eigenvalue weighted by molar-refractivity contribution is 5.74. The van der Waals surface area contributed by atoms with Crippen molar-refractivity contribution in [2.45, 2.75) is 6.92 Å². The number of nitrogens with two attached hydrogens (primary N) is 1. The van der Waals surface area contributed by atoms with Gasteiger partial charge in [-0.25, -0.2) is 0 Å². The zero-order chi connectivity index (χ0) is 10.2. The summed E-state index contributed by atoms with van der Waals surface area (Å²) in [6.45, 7) is 1.48. The van der Waals surface area contributed by atoms with Crippen molar-refractivity contribution in [1.29, 1.82) is 0 Å². The Hall–Kier alpha value is -1.78. The first kappa shape index (κ1) is 9.31. The molecule has 0 bridgehead atoms. The molecule has 0 aliphatic rings. The number of phenols is 3. The lowest BCUT2D eigenvalue weighted by molar-refractivity contribution is 0.329. The minimum absolute atomic E-state index is 0.00727. The highest BCUT2D eigenvalue weighted by atomic mass is 16.5. The molecule has 0 saturated carbocycles. The van der Waals surface area contributed by atoms with Gasteiger partial charge in [0.25, 0.3) is 0 Å². The van der Waals surface area contributed by atoms with Gasteiger partial charge in [-0.15, -0.1) is 0 Å². The molecule has 0 unspecified atom stereocenters. The number of aromatic hydroxyl groups is 3. The molecule has 1 rings (SSSR count). The van der Waals surface area contributed by atoms with Gasteiger partial charge in [-0.2, -0.15) is 0 Å². The predicted octanol–water partition coefficient (Wildman–Crippen LogP) is 0.703. The van der Waals surface area contributed by atoms with Crippen LogP contribution in [0.2, 0.25) is 0 Å². The molecule has 0 atom stereocenters. The largest absolute Gasteiger partial charge is 0.504 e. The summed E-state index contributed by atoms with van der Waals surface area (Å²) in [7, 11) is 1.25. The number of methoxy groups -OCH3 is 1. The fraction of sp³-hybridized carbons (Fsp3) is 0.250. The van der Waals surface area contributed by atoms with E-state index in [-0.39, 0.29) is 28.5 Å². The second-order valence-corrected chi connectivity index (χ2v) is 2.62. The molecule has 0 amide bonds. The summed E-state index contributed by atoms with van der Waals surface area (Å²) in [6.07, 6.45) is 0. The van der Waals surface area contributed by atoms with Crippen molar-refractivity contribution >= 4 is 5.69 Å². The van der Waals surface area contributed by atoms with Crippen LogP contribution >= 0.6 is 0 Å². The van der Waals surface area contributed by atoms with Gasteiger partial charge in [-0.3, -0.25) is 0 Å². The van der Waals surface area contributed by atoms with E-state index in [4.69, 9.17) is 5.73 Å². The number of anilines is 1. The third-order valence-corrected chi connectivity index (χ3v) is 1.87. The highest BCUT2D eigenvalue weighted by Gasteiger charge is 2.19. The standard InChI is InChI=1S/C8H11NO4/c1-3-4(9)6(11)8(13-2)7(12)5(3)10/h10-12H,9H2,1-2H3. The predicted molar refractivity (Wildman–Crippen MR) is 47.1 cm³/mol. The zero-order valence-electron chi connectivity index (χ0n) is 7.33. The van der Waals surface area contributed by atoms with Crippen LogP contribution in [0.3, 0.4) is 0 Å². The Morgan fingerprint density at radius 1 is 1.08 bits per heavy atom. The number of phenolic OH excluding ortho intramolecular Hbond substituents is 3. The topological polar surface area (TPSA) is 95.9 Å². The highest BCUT2D eigenvalue weighted by Crippen LogP contribution is 2.48. The number of ether oxygens (including phenoxy) is 1. The van der Waals surface area contributed by atoms with Crippen LogP contribution in [0, 0.1) is 6.92 Å². The number of benzene rings is 1. The van der Waals surface area contributed by atoms with E-state index in [0.29, 0.717) is 0 Å². The Morgan fingerprint density at radius 3 is 2.08 bits per heavy atom. The van der Waals surface area contributed by atoms with Crippen molar-refractivity contribution < 1.29 is 20.1 Å². The van der Waals surface area contributed by atoms with Gasteiger partial charge in [0.1, 0.15) is 0 Å². The molecule has 0 aliphatic carbocycles. The Kier molecular flexibility index (Phi) is 2.10. The summed E-state index contributed by atoms with van der Waals surface area (Å²) in [5, 5.41) is 28.0. The van der Waals surface area contributed by atoms with Crippen molar-refractivity contribution in [3.05, 3.63) is 5.56 Å². The van der Waals surface area contributed by atoms with Gasteiger partial charge in [0.05, 0.1) is 12.8 Å². The first-order chi connectivity index (χ1) is 6.00. The van der Waals surface area contributed by atoms with Crippen LogP contribution in [0.4, 0.5) is 5.69 Å². The van der Waals surface area contributed by atoms with Crippen molar-refractivity contribution in [1.82, 2.24) is 0 Å². The van der Waals surface area contributed by atoms with Crippen molar-refractivity contribution in [2.75, 3.05) is 12.8 Å². The number of rotatable bonds is 1. The molecule has 0 aromatic heterocycles. The van der Waals surface area contributed by atoms with E-state index in [0.717, 1.165) is 0 Å². The van der Waals surface area contributed by atoms with Gasteiger partial charge in [0, 0.05) is 5.56 Å². The lowest BCUT2D eigenvalue weighted by Crippen LogP contribution is -1.94. The fourth-order valence-corrected chi connectivity index (χ4v) is 1.02. The Morgan fingerprint density at radius 2 is 1.62 bits per heavy atom. The molecular weight excluding hydrogens is 174 g/mol. The maximum absolute atomic E-state index is 9.36. The van der Waals surface area contributed by atoms with E-state index in [2.05, 4.69) is 4.74 Å². The summed E-state index contributed by atoms with van der Waals surface area (Å²) in [6, 6.07) is 0. The molecule has 13 heavy (non-hydrogen) atoms. The molecule has 1 aromatic carbocycles. The van der Waals surface area contributed by atoms with Crippen LogP contribution in [-0.2, 0) is 0 Å². The molecule has 0 aliphatic heterocycles. The fourth-order valence-electron chi connectivity index (χ4n) is 1.02. The molecular formula is C8H11NO4. The van der Waals surface area contributed by atoms with Crippen LogP contribution in [0.5, 0.6) is 23.0 Å². The molecule has 5 nitrogen and oxygen atoms in total. The quantitative estimate of drug-likeness (QED) is 0.293. The Labute approximate surface area is 75.0 Å². The minimum atomic E-state index is -0.508. The summed E-state index contributed by atoms with van der Waals surface area (Å²) >= 11 is 0. The molecule has 5 heteroatoms. The Balaban J connectivity index is 3.56. The average Bonchev–Trinajstić information content (AvgIpc) is 2.13. The number of hydrogen-bond acceptors (Lipinski definition) is 5. The molecule has 0 radical (unpaired) electrons. The minimum Gasteiger partial charge on any atom is -0.504 e. The van der Waals surface area contributed by atoms with Crippen LogP contribution in [0.25, 0.3) is 0 Å². The molecule has 0 heterocycles. The number of hydrogen-bond donors (Lipinski definition) is 4. The third kappa shape index (κ3) is 1.18. The lowest BCUT2D eigenvalue weighted by atomic mass is 10.1. The van der Waals surface area contributed by atoms with Gasteiger partial charge in [-0.1, -0.05) is 0 Å². The normalized spacial score (nSPS) is 10.0. The van der Waals surface area contributed by atoms with Crippen molar-refractivity contribution in [3.63, 3.8) is 0 Å². The summed E-state index contributed by atoms with van der Waals surface area (Å²) < 4.78 is 4.65. The average molecular weight is 185 g/mol. The third-order valence-electron chi connectivity index (χ3n) is 1.87. The van der Waals surface area contributed by atoms with Crippen molar-refractivity contribution in [3.8, 4) is 23.0 Å². The van der Waals surface area contributed by atoms with Gasteiger partial charge >= 0.3 is 0 Å².